The van der Waals surface area contributed by atoms with Crippen LogP contribution in [0.5, 0.6) is 0 Å². The van der Waals surface area contributed by atoms with E-state index in [9.17, 15) is 9.59 Å². The van der Waals surface area contributed by atoms with E-state index in [1.807, 2.05) is 38.1 Å². The summed E-state index contributed by atoms with van der Waals surface area (Å²) in [5.41, 5.74) is 1.67. The summed E-state index contributed by atoms with van der Waals surface area (Å²) in [5, 5.41) is 3.42. The maximum absolute atomic E-state index is 13.0. The SMILES string of the molecule is CCSc1ccc(CC(=O)Nc2ccc(C(=O)C(C)(C)c3ccc(Cl)cc3)nc2)nc1. The Bertz CT molecular complexity index is 1050. The summed E-state index contributed by atoms with van der Waals surface area (Å²) in [6.07, 6.45) is 3.44. The molecule has 3 aromatic rings. The molecule has 1 N–H and O–H groups in total. The van der Waals surface area contributed by atoms with E-state index in [2.05, 4.69) is 22.2 Å². The zero-order chi connectivity index (χ0) is 22.4. The van der Waals surface area contributed by atoms with Crippen LogP contribution in [0.4, 0.5) is 5.69 Å². The minimum absolute atomic E-state index is 0.109. The summed E-state index contributed by atoms with van der Waals surface area (Å²) in [5.74, 6) is 0.678. The average molecular weight is 454 g/mol. The Morgan fingerprint density at radius 2 is 1.74 bits per heavy atom. The van der Waals surface area contributed by atoms with Crippen molar-refractivity contribution in [2.24, 2.45) is 0 Å². The largest absolute Gasteiger partial charge is 0.324 e. The monoisotopic (exact) mass is 453 g/mol. The van der Waals surface area contributed by atoms with Crippen molar-refractivity contribution in [2.75, 3.05) is 11.1 Å². The van der Waals surface area contributed by atoms with E-state index in [-0.39, 0.29) is 18.1 Å². The van der Waals surface area contributed by atoms with Gasteiger partial charge in [0.2, 0.25) is 5.91 Å². The van der Waals surface area contributed by atoms with Crippen LogP contribution in [-0.4, -0.2) is 27.4 Å². The average Bonchev–Trinajstić information content (AvgIpc) is 2.75. The van der Waals surface area contributed by atoms with Gasteiger partial charge in [0.15, 0.2) is 5.78 Å². The molecule has 0 aliphatic rings. The molecule has 2 aromatic heterocycles. The van der Waals surface area contributed by atoms with Gasteiger partial charge >= 0.3 is 0 Å². The van der Waals surface area contributed by atoms with Gasteiger partial charge in [-0.15, -0.1) is 11.8 Å². The maximum atomic E-state index is 13.0. The van der Waals surface area contributed by atoms with Crippen LogP contribution < -0.4 is 5.32 Å². The van der Waals surface area contributed by atoms with Gasteiger partial charge in [0, 0.05) is 21.8 Å². The minimum Gasteiger partial charge on any atom is -0.324 e. The molecule has 0 unspecified atom stereocenters. The molecule has 3 rings (SSSR count). The van der Waals surface area contributed by atoms with E-state index in [0.717, 1.165) is 16.2 Å². The summed E-state index contributed by atoms with van der Waals surface area (Å²) in [6, 6.07) is 14.4. The summed E-state index contributed by atoms with van der Waals surface area (Å²) < 4.78 is 0. The van der Waals surface area contributed by atoms with Crippen molar-refractivity contribution in [3.63, 3.8) is 0 Å². The molecule has 5 nitrogen and oxygen atoms in total. The molecule has 0 bridgehead atoms. The highest BCUT2D eigenvalue weighted by molar-refractivity contribution is 7.99. The second-order valence-electron chi connectivity index (χ2n) is 7.54. The number of benzene rings is 1. The summed E-state index contributed by atoms with van der Waals surface area (Å²) in [4.78, 5) is 35.0. The van der Waals surface area contributed by atoms with Crippen molar-refractivity contribution in [3.8, 4) is 0 Å². The second kappa shape index (κ2) is 10.1. The van der Waals surface area contributed by atoms with Crippen LogP contribution in [0.1, 0.15) is 42.5 Å². The number of carbonyl (C=O) groups is 2. The molecule has 31 heavy (non-hydrogen) atoms. The summed E-state index contributed by atoms with van der Waals surface area (Å²) in [6.45, 7) is 5.79. The third-order valence-electron chi connectivity index (χ3n) is 4.86. The highest BCUT2D eigenvalue weighted by Gasteiger charge is 2.31. The summed E-state index contributed by atoms with van der Waals surface area (Å²) >= 11 is 7.66. The fourth-order valence-electron chi connectivity index (χ4n) is 3.06. The van der Waals surface area contributed by atoms with Crippen LogP contribution in [0.25, 0.3) is 0 Å². The molecular weight excluding hydrogens is 430 g/mol. The van der Waals surface area contributed by atoms with E-state index in [1.165, 1.54) is 6.20 Å². The molecule has 1 amide bonds. The lowest BCUT2D eigenvalue weighted by Gasteiger charge is -2.23. The third-order valence-corrected chi connectivity index (χ3v) is 5.98. The number of amides is 1. The standard InChI is InChI=1S/C24H24ClN3O2S/c1-4-31-20-11-9-18(26-15-20)13-22(29)28-19-10-12-21(27-14-19)23(30)24(2,3)16-5-7-17(25)8-6-16/h5-12,14-15H,4,13H2,1-3H3,(H,28,29). The highest BCUT2D eigenvalue weighted by atomic mass is 35.5. The topological polar surface area (TPSA) is 72.0 Å². The van der Waals surface area contributed by atoms with Gasteiger partial charge in [-0.05, 0) is 61.6 Å². The van der Waals surface area contributed by atoms with Crippen molar-refractivity contribution in [1.29, 1.82) is 0 Å². The molecule has 0 aliphatic carbocycles. The molecule has 0 saturated carbocycles. The molecule has 2 heterocycles. The number of hydrogen-bond donors (Lipinski definition) is 1. The van der Waals surface area contributed by atoms with E-state index in [1.54, 1.807) is 42.2 Å². The lowest BCUT2D eigenvalue weighted by molar-refractivity contribution is -0.115. The van der Waals surface area contributed by atoms with Crippen molar-refractivity contribution >= 4 is 40.7 Å². The van der Waals surface area contributed by atoms with E-state index in [0.29, 0.717) is 22.1 Å². The quantitative estimate of drug-likeness (QED) is 0.356. The Hall–Kier alpha value is -2.70. The Balaban J connectivity index is 1.63. The smallest absolute Gasteiger partial charge is 0.230 e. The van der Waals surface area contributed by atoms with Crippen molar-refractivity contribution in [3.05, 3.63) is 82.9 Å². The molecule has 0 saturated heterocycles. The molecule has 0 radical (unpaired) electrons. The number of pyridine rings is 2. The van der Waals surface area contributed by atoms with E-state index in [4.69, 9.17) is 11.6 Å². The number of aromatic nitrogens is 2. The number of ketones is 1. The van der Waals surface area contributed by atoms with Crippen LogP contribution in [-0.2, 0) is 16.6 Å². The molecular formula is C24H24ClN3O2S. The number of anilines is 1. The molecule has 0 atom stereocenters. The van der Waals surface area contributed by atoms with Crippen LogP contribution in [0, 0.1) is 0 Å². The predicted molar refractivity (Wildman–Crippen MR) is 126 cm³/mol. The van der Waals surface area contributed by atoms with Crippen LogP contribution in [0.3, 0.4) is 0 Å². The molecule has 1 aromatic carbocycles. The van der Waals surface area contributed by atoms with Crippen molar-refractivity contribution in [2.45, 2.75) is 37.5 Å². The number of halogens is 1. The third kappa shape index (κ3) is 5.93. The first-order valence-corrected chi connectivity index (χ1v) is 11.3. The Morgan fingerprint density at radius 1 is 1.00 bits per heavy atom. The highest BCUT2D eigenvalue weighted by Crippen LogP contribution is 2.28. The fraction of sp³-hybridized carbons (Fsp3) is 0.250. The lowest BCUT2D eigenvalue weighted by Crippen LogP contribution is -2.29. The Labute approximate surface area is 191 Å². The zero-order valence-electron chi connectivity index (χ0n) is 17.7. The van der Waals surface area contributed by atoms with Crippen molar-refractivity contribution in [1.82, 2.24) is 9.97 Å². The predicted octanol–water partition coefficient (Wildman–Crippen LogP) is 5.58. The second-order valence-corrected chi connectivity index (χ2v) is 9.31. The van der Waals surface area contributed by atoms with Crippen LogP contribution in [0.2, 0.25) is 5.02 Å². The van der Waals surface area contributed by atoms with Gasteiger partial charge < -0.3 is 5.32 Å². The van der Waals surface area contributed by atoms with Gasteiger partial charge in [-0.2, -0.15) is 0 Å². The number of carbonyl (C=O) groups excluding carboxylic acids is 2. The molecule has 160 valence electrons. The first-order valence-electron chi connectivity index (χ1n) is 9.94. The first-order chi connectivity index (χ1) is 14.8. The van der Waals surface area contributed by atoms with Crippen LogP contribution in [0.15, 0.2) is 65.8 Å². The number of hydrogen-bond acceptors (Lipinski definition) is 5. The van der Waals surface area contributed by atoms with Crippen molar-refractivity contribution < 1.29 is 9.59 Å². The fourth-order valence-corrected chi connectivity index (χ4v) is 3.81. The van der Waals surface area contributed by atoms with Crippen LogP contribution >= 0.6 is 23.4 Å². The van der Waals surface area contributed by atoms with Gasteiger partial charge in [-0.1, -0.05) is 30.7 Å². The molecule has 7 heteroatoms. The van der Waals surface area contributed by atoms with E-state index >= 15 is 0 Å². The Kier molecular flexibility index (Phi) is 7.46. The zero-order valence-corrected chi connectivity index (χ0v) is 19.3. The molecule has 0 fully saturated rings. The minimum atomic E-state index is -0.754. The number of nitrogens with zero attached hydrogens (tertiary/aromatic N) is 2. The van der Waals surface area contributed by atoms with Gasteiger partial charge in [0.1, 0.15) is 5.69 Å². The van der Waals surface area contributed by atoms with E-state index < -0.39 is 5.41 Å². The maximum Gasteiger partial charge on any atom is 0.230 e. The lowest BCUT2D eigenvalue weighted by atomic mass is 9.79. The molecule has 0 spiro atoms. The normalized spacial score (nSPS) is 11.2. The Morgan fingerprint density at radius 3 is 2.32 bits per heavy atom. The number of nitrogens with one attached hydrogen (secondary N) is 1. The van der Waals surface area contributed by atoms with Gasteiger partial charge in [-0.25, -0.2) is 0 Å². The number of thioether (sulfide) groups is 1. The number of Topliss-reactive ketones (excluding diaryl/α,β-unsaturated/α-hetero) is 1. The first kappa shape index (κ1) is 23.0. The number of rotatable bonds is 8. The van der Waals surface area contributed by atoms with Gasteiger partial charge in [0.05, 0.1) is 23.7 Å². The molecule has 0 aliphatic heterocycles. The van der Waals surface area contributed by atoms with Gasteiger partial charge in [0.25, 0.3) is 0 Å². The van der Waals surface area contributed by atoms with Gasteiger partial charge in [-0.3, -0.25) is 19.6 Å². The summed E-state index contributed by atoms with van der Waals surface area (Å²) in [7, 11) is 0.